The standard InChI is InChI=1S/C11H14O3Te/c1-13-9-3-5-10(6-4-9)15-8-7-11(12)14-2/h3-6H,7-8H2,1-2H3. The normalized spacial score (nSPS) is 9.73. The molecule has 0 fully saturated rings. The number of hydrogen-bond donors (Lipinski definition) is 0. The number of rotatable bonds is 5. The molecule has 0 aliphatic rings. The number of benzene rings is 1. The summed E-state index contributed by atoms with van der Waals surface area (Å²) in [5.74, 6) is 0.757. The van der Waals surface area contributed by atoms with E-state index in [0.29, 0.717) is 6.42 Å². The van der Waals surface area contributed by atoms with Crippen molar-refractivity contribution in [3.63, 3.8) is 0 Å². The molecule has 0 amide bonds. The third-order valence-electron chi connectivity index (χ3n) is 1.86. The van der Waals surface area contributed by atoms with Gasteiger partial charge < -0.3 is 0 Å². The molecule has 1 aromatic rings. The molecule has 1 aromatic carbocycles. The number of ether oxygens (including phenoxy) is 2. The van der Waals surface area contributed by atoms with Crippen LogP contribution in [-0.2, 0) is 9.53 Å². The molecule has 0 aliphatic carbocycles. The van der Waals surface area contributed by atoms with Crippen molar-refractivity contribution in [2.24, 2.45) is 0 Å². The number of carbonyl (C=O) groups is 1. The quantitative estimate of drug-likeness (QED) is 0.600. The van der Waals surface area contributed by atoms with E-state index in [1.54, 1.807) is 7.11 Å². The first-order chi connectivity index (χ1) is 7.26. The van der Waals surface area contributed by atoms with Crippen LogP contribution >= 0.6 is 0 Å². The van der Waals surface area contributed by atoms with Crippen LogP contribution in [0.2, 0.25) is 4.47 Å². The van der Waals surface area contributed by atoms with Crippen LogP contribution in [0, 0.1) is 0 Å². The Bertz CT molecular complexity index is 308. The summed E-state index contributed by atoms with van der Waals surface area (Å²) in [7, 11) is 3.08. The molecule has 3 nitrogen and oxygen atoms in total. The Morgan fingerprint density at radius 3 is 2.47 bits per heavy atom. The van der Waals surface area contributed by atoms with Crippen molar-refractivity contribution in [2.75, 3.05) is 14.2 Å². The molecule has 0 unspecified atom stereocenters. The number of hydrogen-bond acceptors (Lipinski definition) is 3. The fraction of sp³-hybridized carbons (Fsp3) is 0.364. The van der Waals surface area contributed by atoms with Gasteiger partial charge in [0.05, 0.1) is 0 Å². The third kappa shape index (κ3) is 4.55. The first-order valence-electron chi connectivity index (χ1n) is 4.60. The van der Waals surface area contributed by atoms with E-state index in [1.807, 2.05) is 12.1 Å². The topological polar surface area (TPSA) is 35.5 Å². The van der Waals surface area contributed by atoms with Crippen LogP contribution in [0.15, 0.2) is 24.3 Å². The monoisotopic (exact) mass is 324 g/mol. The maximum absolute atomic E-state index is 10.9. The van der Waals surface area contributed by atoms with Gasteiger partial charge in [-0.2, -0.15) is 0 Å². The number of methoxy groups -OCH3 is 2. The molecule has 0 saturated carbocycles. The summed E-state index contributed by atoms with van der Waals surface area (Å²) in [6, 6.07) is 8.05. The number of carbonyl (C=O) groups excluding carboxylic acids is 1. The Balaban J connectivity index is 2.34. The number of esters is 1. The van der Waals surface area contributed by atoms with Crippen molar-refractivity contribution < 1.29 is 14.3 Å². The van der Waals surface area contributed by atoms with Crippen LogP contribution in [0.25, 0.3) is 0 Å². The molecule has 0 saturated heterocycles. The summed E-state index contributed by atoms with van der Waals surface area (Å²) in [4.78, 5) is 10.9. The summed E-state index contributed by atoms with van der Waals surface area (Å²) in [6.07, 6.45) is 0.533. The predicted octanol–water partition coefficient (Wildman–Crippen LogP) is 1.01. The van der Waals surface area contributed by atoms with Gasteiger partial charge in [-0.15, -0.1) is 0 Å². The molecule has 1 rings (SSSR count). The van der Waals surface area contributed by atoms with Gasteiger partial charge in [-0.25, -0.2) is 0 Å². The van der Waals surface area contributed by atoms with E-state index >= 15 is 0 Å². The van der Waals surface area contributed by atoms with Crippen LogP contribution in [0.1, 0.15) is 6.42 Å². The molecule has 0 radical (unpaired) electrons. The SMILES string of the molecule is COC(=O)CC[Te]c1ccc(OC)cc1. The van der Waals surface area contributed by atoms with Crippen LogP contribution in [0.3, 0.4) is 0 Å². The van der Waals surface area contributed by atoms with Gasteiger partial charge in [0.25, 0.3) is 0 Å². The van der Waals surface area contributed by atoms with Crippen LogP contribution < -0.4 is 8.35 Å². The fourth-order valence-corrected chi connectivity index (χ4v) is 3.40. The zero-order chi connectivity index (χ0) is 11.1. The summed E-state index contributed by atoms with van der Waals surface area (Å²) in [5, 5.41) is 0. The Hall–Kier alpha value is -0.720. The molecule has 0 spiro atoms. The Kier molecular flexibility index (Phi) is 5.52. The summed E-state index contributed by atoms with van der Waals surface area (Å²) in [6.45, 7) is 0. The molecule has 15 heavy (non-hydrogen) atoms. The molecule has 4 heteroatoms. The van der Waals surface area contributed by atoms with Crippen molar-refractivity contribution in [2.45, 2.75) is 10.9 Å². The van der Waals surface area contributed by atoms with Crippen molar-refractivity contribution in [1.82, 2.24) is 0 Å². The Labute approximate surface area is 99.8 Å². The summed E-state index contributed by atoms with van der Waals surface area (Å²) >= 11 is -0.265. The minimum absolute atomic E-state index is 0.117. The molecule has 0 atom stereocenters. The van der Waals surface area contributed by atoms with E-state index in [4.69, 9.17) is 4.74 Å². The third-order valence-corrected chi connectivity index (χ3v) is 4.76. The van der Waals surface area contributed by atoms with Gasteiger partial charge in [-0.05, 0) is 0 Å². The van der Waals surface area contributed by atoms with Crippen LogP contribution in [-0.4, -0.2) is 41.1 Å². The van der Waals surface area contributed by atoms with Crippen molar-refractivity contribution in [3.8, 4) is 5.75 Å². The van der Waals surface area contributed by atoms with Gasteiger partial charge in [-0.1, -0.05) is 0 Å². The first kappa shape index (κ1) is 12.3. The molecule has 82 valence electrons. The molecule has 0 N–H and O–H groups in total. The first-order valence-corrected chi connectivity index (χ1v) is 7.41. The van der Waals surface area contributed by atoms with E-state index in [9.17, 15) is 4.79 Å². The second-order valence-corrected chi connectivity index (χ2v) is 6.18. The van der Waals surface area contributed by atoms with Crippen molar-refractivity contribution in [1.29, 1.82) is 0 Å². The maximum atomic E-state index is 10.9. The van der Waals surface area contributed by atoms with E-state index in [0.717, 1.165) is 10.2 Å². The fourth-order valence-electron chi connectivity index (χ4n) is 1.03. The van der Waals surface area contributed by atoms with Gasteiger partial charge in [-0.3, -0.25) is 0 Å². The van der Waals surface area contributed by atoms with Gasteiger partial charge >= 0.3 is 99.9 Å². The van der Waals surface area contributed by atoms with E-state index in [2.05, 4.69) is 16.9 Å². The van der Waals surface area contributed by atoms with Crippen molar-refractivity contribution >= 4 is 30.5 Å². The molecular weight excluding hydrogens is 308 g/mol. The van der Waals surface area contributed by atoms with Gasteiger partial charge in [0.2, 0.25) is 0 Å². The van der Waals surface area contributed by atoms with Crippen LogP contribution in [0.5, 0.6) is 5.75 Å². The Morgan fingerprint density at radius 2 is 1.93 bits per heavy atom. The molecule has 0 aromatic heterocycles. The second kappa shape index (κ2) is 6.71. The van der Waals surface area contributed by atoms with E-state index in [-0.39, 0.29) is 26.9 Å². The Morgan fingerprint density at radius 1 is 1.27 bits per heavy atom. The van der Waals surface area contributed by atoms with Gasteiger partial charge in [0.1, 0.15) is 0 Å². The average molecular weight is 322 g/mol. The zero-order valence-electron chi connectivity index (χ0n) is 8.86. The van der Waals surface area contributed by atoms with E-state index < -0.39 is 0 Å². The van der Waals surface area contributed by atoms with Crippen LogP contribution in [0.4, 0.5) is 0 Å². The average Bonchev–Trinajstić information content (AvgIpc) is 2.29. The molecule has 0 aliphatic heterocycles. The molecular formula is C11H14O3Te. The van der Waals surface area contributed by atoms with Gasteiger partial charge in [0.15, 0.2) is 0 Å². The second-order valence-electron chi connectivity index (χ2n) is 2.85. The minimum atomic E-state index is -0.265. The predicted molar refractivity (Wildman–Crippen MR) is 59.8 cm³/mol. The van der Waals surface area contributed by atoms with Crippen molar-refractivity contribution in [3.05, 3.63) is 24.3 Å². The molecule has 0 bridgehead atoms. The van der Waals surface area contributed by atoms with E-state index in [1.165, 1.54) is 10.7 Å². The zero-order valence-corrected chi connectivity index (χ0v) is 11.2. The van der Waals surface area contributed by atoms with Gasteiger partial charge in [0, 0.05) is 0 Å². The summed E-state index contributed by atoms with van der Waals surface area (Å²) in [5.41, 5.74) is 0. The summed E-state index contributed by atoms with van der Waals surface area (Å²) < 4.78 is 11.9. The molecule has 0 heterocycles.